The van der Waals surface area contributed by atoms with Gasteiger partial charge < -0.3 is 15.4 Å². The molecule has 0 aliphatic carbocycles. The molecule has 2 aromatic carbocycles. The van der Waals surface area contributed by atoms with Crippen molar-refractivity contribution < 1.29 is 9.53 Å². The van der Waals surface area contributed by atoms with Gasteiger partial charge in [0.25, 0.3) is 5.91 Å². The molecule has 0 saturated heterocycles. The van der Waals surface area contributed by atoms with E-state index < -0.39 is 0 Å². The standard InChI is InChI=1S/C21H21N3O2/c1-14-8-9-16(12-15(14)2)23-17-10-11-20(22-13-17)24-21(25)18-6-4-5-7-19(18)26-3/h4-13,23H,1-3H3,(H,22,24,25). The Hall–Kier alpha value is -3.34. The van der Waals surface area contributed by atoms with Gasteiger partial charge in [-0.1, -0.05) is 18.2 Å². The first kappa shape index (κ1) is 17.5. The number of benzene rings is 2. The molecule has 0 radical (unpaired) electrons. The van der Waals surface area contributed by atoms with Crippen molar-refractivity contribution in [3.05, 3.63) is 77.5 Å². The molecule has 5 nitrogen and oxygen atoms in total. The van der Waals surface area contributed by atoms with Gasteiger partial charge in [-0.05, 0) is 61.4 Å². The fourth-order valence-electron chi connectivity index (χ4n) is 2.54. The number of nitrogens with one attached hydrogen (secondary N) is 2. The number of aromatic nitrogens is 1. The minimum atomic E-state index is -0.259. The highest BCUT2D eigenvalue weighted by Gasteiger charge is 2.12. The second kappa shape index (κ2) is 7.70. The van der Waals surface area contributed by atoms with Crippen LogP contribution in [0.25, 0.3) is 0 Å². The Balaban J connectivity index is 1.69. The average molecular weight is 347 g/mol. The first-order valence-corrected chi connectivity index (χ1v) is 8.31. The van der Waals surface area contributed by atoms with Gasteiger partial charge in [-0.2, -0.15) is 0 Å². The SMILES string of the molecule is COc1ccccc1C(=O)Nc1ccc(Nc2ccc(C)c(C)c2)cn1. The normalized spacial score (nSPS) is 10.3. The molecule has 0 atom stereocenters. The number of ether oxygens (including phenoxy) is 1. The molecule has 1 aromatic heterocycles. The minimum absolute atomic E-state index is 0.259. The minimum Gasteiger partial charge on any atom is -0.496 e. The monoisotopic (exact) mass is 347 g/mol. The van der Waals surface area contributed by atoms with E-state index in [0.29, 0.717) is 17.1 Å². The zero-order valence-electron chi connectivity index (χ0n) is 15.0. The summed E-state index contributed by atoms with van der Waals surface area (Å²) in [5, 5.41) is 6.09. The van der Waals surface area contributed by atoms with E-state index in [2.05, 4.69) is 41.6 Å². The largest absolute Gasteiger partial charge is 0.496 e. The van der Waals surface area contributed by atoms with E-state index in [1.165, 1.54) is 18.2 Å². The predicted octanol–water partition coefficient (Wildman–Crippen LogP) is 4.70. The first-order valence-electron chi connectivity index (χ1n) is 8.31. The third kappa shape index (κ3) is 4.00. The number of carbonyl (C=O) groups is 1. The number of hydrogen-bond acceptors (Lipinski definition) is 4. The predicted molar refractivity (Wildman–Crippen MR) is 104 cm³/mol. The summed E-state index contributed by atoms with van der Waals surface area (Å²) in [7, 11) is 1.54. The number of rotatable bonds is 5. The van der Waals surface area contributed by atoms with Crippen LogP contribution >= 0.6 is 0 Å². The Labute approximate surface area is 153 Å². The highest BCUT2D eigenvalue weighted by Crippen LogP contribution is 2.21. The fourth-order valence-corrected chi connectivity index (χ4v) is 2.54. The second-order valence-electron chi connectivity index (χ2n) is 6.01. The van der Waals surface area contributed by atoms with Crippen LogP contribution in [-0.4, -0.2) is 18.0 Å². The number of aryl methyl sites for hydroxylation is 2. The molecule has 0 unspecified atom stereocenters. The van der Waals surface area contributed by atoms with Crippen molar-refractivity contribution in [2.45, 2.75) is 13.8 Å². The van der Waals surface area contributed by atoms with Crippen molar-refractivity contribution in [1.82, 2.24) is 4.98 Å². The molecule has 0 bridgehead atoms. The van der Waals surface area contributed by atoms with Crippen molar-refractivity contribution in [2.24, 2.45) is 0 Å². The molecule has 0 saturated carbocycles. The number of nitrogens with zero attached hydrogens (tertiary/aromatic N) is 1. The van der Waals surface area contributed by atoms with Crippen LogP contribution in [0.5, 0.6) is 5.75 Å². The van der Waals surface area contributed by atoms with E-state index in [0.717, 1.165) is 11.4 Å². The van der Waals surface area contributed by atoms with Crippen LogP contribution in [0.3, 0.4) is 0 Å². The molecular weight excluding hydrogens is 326 g/mol. The van der Waals surface area contributed by atoms with Crippen molar-refractivity contribution in [3.8, 4) is 5.75 Å². The topological polar surface area (TPSA) is 63.2 Å². The molecule has 5 heteroatoms. The van der Waals surface area contributed by atoms with Crippen molar-refractivity contribution in [2.75, 3.05) is 17.7 Å². The molecule has 0 aliphatic rings. The molecule has 0 fully saturated rings. The molecule has 1 amide bonds. The van der Waals surface area contributed by atoms with Crippen molar-refractivity contribution in [3.63, 3.8) is 0 Å². The summed E-state index contributed by atoms with van der Waals surface area (Å²) in [6.07, 6.45) is 1.69. The van der Waals surface area contributed by atoms with Gasteiger partial charge in [-0.25, -0.2) is 4.98 Å². The van der Waals surface area contributed by atoms with Gasteiger partial charge in [0, 0.05) is 5.69 Å². The molecule has 1 heterocycles. The molecule has 0 spiro atoms. The molecule has 2 N–H and O–H groups in total. The quantitative estimate of drug-likeness (QED) is 0.702. The number of pyridine rings is 1. The van der Waals surface area contributed by atoms with E-state index in [-0.39, 0.29) is 5.91 Å². The maximum absolute atomic E-state index is 12.4. The average Bonchev–Trinajstić information content (AvgIpc) is 2.66. The number of para-hydroxylation sites is 1. The third-order valence-corrected chi connectivity index (χ3v) is 4.15. The molecule has 0 aliphatic heterocycles. The highest BCUT2D eigenvalue weighted by molar-refractivity contribution is 6.05. The Morgan fingerprint density at radius 2 is 1.73 bits per heavy atom. The number of hydrogen-bond donors (Lipinski definition) is 2. The lowest BCUT2D eigenvalue weighted by Gasteiger charge is -2.10. The highest BCUT2D eigenvalue weighted by atomic mass is 16.5. The summed E-state index contributed by atoms with van der Waals surface area (Å²) in [6.45, 7) is 4.16. The van der Waals surface area contributed by atoms with Gasteiger partial charge in [0.15, 0.2) is 0 Å². The second-order valence-corrected chi connectivity index (χ2v) is 6.01. The van der Waals surface area contributed by atoms with Crippen LogP contribution in [-0.2, 0) is 0 Å². The fraction of sp³-hybridized carbons (Fsp3) is 0.143. The van der Waals surface area contributed by atoms with E-state index >= 15 is 0 Å². The van der Waals surface area contributed by atoms with E-state index in [4.69, 9.17) is 4.74 Å². The van der Waals surface area contributed by atoms with Gasteiger partial charge in [-0.3, -0.25) is 4.79 Å². The van der Waals surface area contributed by atoms with Crippen LogP contribution in [0.4, 0.5) is 17.2 Å². The Morgan fingerprint density at radius 3 is 2.42 bits per heavy atom. The smallest absolute Gasteiger partial charge is 0.260 e. The molecular formula is C21H21N3O2. The van der Waals surface area contributed by atoms with Crippen LogP contribution in [0.1, 0.15) is 21.5 Å². The van der Waals surface area contributed by atoms with E-state index in [1.807, 2.05) is 18.2 Å². The molecule has 26 heavy (non-hydrogen) atoms. The Kier molecular flexibility index (Phi) is 5.17. The first-order chi connectivity index (χ1) is 12.6. The van der Waals surface area contributed by atoms with Gasteiger partial charge in [0.1, 0.15) is 11.6 Å². The summed E-state index contributed by atoms with van der Waals surface area (Å²) in [4.78, 5) is 16.7. The summed E-state index contributed by atoms with van der Waals surface area (Å²) in [5.41, 5.74) is 4.80. The summed E-state index contributed by atoms with van der Waals surface area (Å²) in [5.74, 6) is 0.745. The van der Waals surface area contributed by atoms with Crippen molar-refractivity contribution in [1.29, 1.82) is 0 Å². The lowest BCUT2D eigenvalue weighted by atomic mass is 10.1. The lowest BCUT2D eigenvalue weighted by Crippen LogP contribution is -2.14. The van der Waals surface area contributed by atoms with Gasteiger partial charge in [0.2, 0.25) is 0 Å². The number of methoxy groups -OCH3 is 1. The Bertz CT molecular complexity index is 921. The number of anilines is 3. The summed E-state index contributed by atoms with van der Waals surface area (Å²) >= 11 is 0. The van der Waals surface area contributed by atoms with Gasteiger partial charge in [-0.15, -0.1) is 0 Å². The molecule has 3 aromatic rings. The van der Waals surface area contributed by atoms with Crippen LogP contribution < -0.4 is 15.4 Å². The van der Waals surface area contributed by atoms with Crippen LogP contribution in [0, 0.1) is 13.8 Å². The maximum Gasteiger partial charge on any atom is 0.260 e. The van der Waals surface area contributed by atoms with Crippen molar-refractivity contribution >= 4 is 23.1 Å². The number of amides is 1. The Morgan fingerprint density at radius 1 is 0.962 bits per heavy atom. The van der Waals surface area contributed by atoms with E-state index in [9.17, 15) is 4.79 Å². The zero-order valence-corrected chi connectivity index (χ0v) is 15.0. The number of carbonyl (C=O) groups excluding carboxylic acids is 1. The molecule has 132 valence electrons. The zero-order chi connectivity index (χ0) is 18.5. The van der Waals surface area contributed by atoms with E-state index in [1.54, 1.807) is 30.5 Å². The third-order valence-electron chi connectivity index (χ3n) is 4.15. The van der Waals surface area contributed by atoms with Gasteiger partial charge in [0.05, 0.1) is 24.6 Å². The summed E-state index contributed by atoms with van der Waals surface area (Å²) in [6, 6.07) is 16.9. The lowest BCUT2D eigenvalue weighted by molar-refractivity contribution is 0.102. The van der Waals surface area contributed by atoms with Crippen LogP contribution in [0.15, 0.2) is 60.8 Å². The maximum atomic E-state index is 12.4. The van der Waals surface area contributed by atoms with Gasteiger partial charge >= 0.3 is 0 Å². The van der Waals surface area contributed by atoms with Crippen LogP contribution in [0.2, 0.25) is 0 Å². The molecule has 3 rings (SSSR count). The summed E-state index contributed by atoms with van der Waals surface area (Å²) < 4.78 is 5.22.